The average Bonchev–Trinajstić information content (AvgIpc) is 4.09. The summed E-state index contributed by atoms with van der Waals surface area (Å²) in [5.41, 5.74) is 4.36. The van der Waals surface area contributed by atoms with Gasteiger partial charge in [-0.1, -0.05) is 167 Å². The van der Waals surface area contributed by atoms with Crippen LogP contribution in [0.2, 0.25) is 10.0 Å². The monoisotopic (exact) mass is 1120 g/mol. The van der Waals surface area contributed by atoms with Crippen molar-refractivity contribution < 1.29 is 16.8 Å². The molecule has 0 radical (unpaired) electrons. The summed E-state index contributed by atoms with van der Waals surface area (Å²) in [6.07, 6.45) is 4.21. The Bertz CT molecular complexity index is 2940. The number of halogens is 3. The molecule has 0 unspecified atom stereocenters. The molecule has 0 atom stereocenters. The number of aromatic amines is 1. The number of H-pyrrole nitrogens is 1. The van der Waals surface area contributed by atoms with E-state index < -0.39 is 20.0 Å². The van der Waals surface area contributed by atoms with Crippen LogP contribution in [0.1, 0.15) is 40.8 Å². The molecule has 0 fully saturated rings. The summed E-state index contributed by atoms with van der Waals surface area (Å²) < 4.78 is 57.1. The summed E-state index contributed by atoms with van der Waals surface area (Å²) in [6.45, 7) is 5.61. The zero-order chi connectivity index (χ0) is 50.7. The van der Waals surface area contributed by atoms with Crippen molar-refractivity contribution in [2.75, 3.05) is 31.9 Å². The highest BCUT2D eigenvalue weighted by molar-refractivity contribution is 9.08. The summed E-state index contributed by atoms with van der Waals surface area (Å²) >= 11 is 19.1. The van der Waals surface area contributed by atoms with Crippen LogP contribution >= 0.6 is 51.8 Å². The quantitative estimate of drug-likeness (QED) is 0.0384. The first-order valence-corrected chi connectivity index (χ1v) is 28.1. The predicted molar refractivity (Wildman–Crippen MR) is 292 cm³/mol. The molecule has 0 saturated carbocycles. The Morgan fingerprint density at radius 3 is 1.55 bits per heavy atom. The molecule has 6 aromatic carbocycles. The molecule has 374 valence electrons. The van der Waals surface area contributed by atoms with Gasteiger partial charge in [-0.15, -0.1) is 0 Å². The fourth-order valence-corrected chi connectivity index (χ4v) is 10.4. The minimum atomic E-state index is -3.70. The van der Waals surface area contributed by atoms with Crippen molar-refractivity contribution in [3.05, 3.63) is 226 Å². The molecule has 0 spiro atoms. The van der Waals surface area contributed by atoms with E-state index in [1.54, 1.807) is 71.7 Å². The van der Waals surface area contributed by atoms with Crippen LogP contribution in [0.4, 0.5) is 0 Å². The minimum Gasteiger partial charge on any atom is -0.316 e. The highest BCUT2D eigenvalue weighted by atomic mass is 79.9. The number of rotatable bonds is 20. The fourth-order valence-electron chi connectivity index (χ4n) is 6.66. The smallest absolute Gasteiger partial charge is 0.243 e. The first-order chi connectivity index (χ1) is 34.4. The molecule has 13 nitrogen and oxygen atoms in total. The summed E-state index contributed by atoms with van der Waals surface area (Å²) in [6, 6.07) is 51.8. The van der Waals surface area contributed by atoms with Gasteiger partial charge in [-0.05, 0) is 90.2 Å². The number of alkyl halides is 1. The molecule has 2 N–H and O–H groups in total. The van der Waals surface area contributed by atoms with Crippen LogP contribution in [-0.4, -0.2) is 87.3 Å². The van der Waals surface area contributed by atoms with E-state index in [4.69, 9.17) is 23.2 Å². The Morgan fingerprint density at radius 1 is 0.634 bits per heavy atom. The number of benzene rings is 6. The Balaban J connectivity index is 0.000000209. The molecule has 2 heterocycles. The molecular weight excluding hydrogens is 1060 g/mol. The number of sulfonamides is 2. The molecule has 8 rings (SSSR count). The second kappa shape index (κ2) is 30.6. The van der Waals surface area contributed by atoms with E-state index in [0.717, 1.165) is 45.9 Å². The van der Waals surface area contributed by atoms with Gasteiger partial charge >= 0.3 is 0 Å². The van der Waals surface area contributed by atoms with Gasteiger partial charge in [0.15, 0.2) is 5.82 Å². The predicted octanol–water partition coefficient (Wildman–Crippen LogP) is 10.4. The largest absolute Gasteiger partial charge is 0.316 e. The van der Waals surface area contributed by atoms with Gasteiger partial charge in [-0.3, -0.25) is 5.10 Å². The third-order valence-corrected chi connectivity index (χ3v) is 15.3. The third kappa shape index (κ3) is 19.7. The van der Waals surface area contributed by atoms with Crippen LogP contribution in [0.5, 0.6) is 0 Å². The number of nitrogens with zero attached hydrogens (tertiary/aromatic N) is 7. The molecule has 8 aromatic rings. The maximum absolute atomic E-state index is 13.3. The van der Waals surface area contributed by atoms with Gasteiger partial charge < -0.3 is 5.32 Å². The minimum absolute atomic E-state index is 0.0899. The van der Waals surface area contributed by atoms with E-state index in [0.29, 0.717) is 49.1 Å². The van der Waals surface area contributed by atoms with E-state index in [-0.39, 0.29) is 22.9 Å². The molecule has 0 amide bonds. The normalized spacial score (nSPS) is 11.2. The van der Waals surface area contributed by atoms with E-state index in [1.807, 2.05) is 109 Å². The van der Waals surface area contributed by atoms with Gasteiger partial charge in [-0.2, -0.15) is 31.4 Å². The Morgan fingerprint density at radius 2 is 1.11 bits per heavy atom. The van der Waals surface area contributed by atoms with Gasteiger partial charge in [0.25, 0.3) is 0 Å². The van der Waals surface area contributed by atoms with E-state index in [9.17, 15) is 16.8 Å². The van der Waals surface area contributed by atoms with Gasteiger partial charge in [0.05, 0.1) is 29.4 Å². The first-order valence-electron chi connectivity index (χ1n) is 22.7. The fraction of sp³-hybridized carbons (Fsp3) is 0.231. The number of thiol groups is 1. The van der Waals surface area contributed by atoms with Crippen molar-refractivity contribution in [2.24, 2.45) is 0 Å². The van der Waals surface area contributed by atoms with Crippen molar-refractivity contribution in [3.8, 4) is 0 Å². The summed E-state index contributed by atoms with van der Waals surface area (Å²) in [5, 5.41) is 16.5. The van der Waals surface area contributed by atoms with E-state index >= 15 is 0 Å². The Labute approximate surface area is 442 Å². The molecule has 71 heavy (non-hydrogen) atoms. The van der Waals surface area contributed by atoms with Crippen LogP contribution < -0.4 is 5.32 Å². The second-order valence-electron chi connectivity index (χ2n) is 15.5. The van der Waals surface area contributed by atoms with Gasteiger partial charge in [0.1, 0.15) is 18.5 Å². The van der Waals surface area contributed by atoms with Crippen LogP contribution in [-0.2, 0) is 57.9 Å². The lowest BCUT2D eigenvalue weighted by atomic mass is 10.1. The molecule has 0 aliphatic carbocycles. The van der Waals surface area contributed by atoms with Crippen LogP contribution in [0.3, 0.4) is 0 Å². The van der Waals surface area contributed by atoms with Crippen molar-refractivity contribution in [1.82, 2.24) is 43.9 Å². The van der Waals surface area contributed by atoms with Crippen molar-refractivity contribution in [2.45, 2.75) is 54.5 Å². The molecule has 0 bridgehead atoms. The Hall–Kier alpha value is -5.21. The SMILES string of the molecule is CCNCCS.Clc1cccc(CBr)c1.O=S(=O)(c1ccccc1)N(CCc1ccccc1)Cc1ncn(Cc2cccc(Cl)c2)n1.O=S(=O)(c1ccccc1)N(CCc1ccccc1)Cc1ncn[nH]1. The lowest BCUT2D eigenvalue weighted by Crippen LogP contribution is -2.33. The van der Waals surface area contributed by atoms with Crippen molar-refractivity contribution >= 4 is 71.8 Å². The molecule has 2 aromatic heterocycles. The number of hydrogen-bond acceptors (Lipinski definition) is 10. The van der Waals surface area contributed by atoms with Crippen molar-refractivity contribution in [3.63, 3.8) is 0 Å². The lowest BCUT2D eigenvalue weighted by molar-refractivity contribution is 0.399. The topological polar surface area (TPSA) is 159 Å². The summed E-state index contributed by atoms with van der Waals surface area (Å²) in [7, 11) is -7.30. The maximum atomic E-state index is 13.3. The number of aromatic nitrogens is 6. The maximum Gasteiger partial charge on any atom is 0.243 e. The first kappa shape index (κ1) is 56.7. The van der Waals surface area contributed by atoms with Gasteiger partial charge in [-0.25, -0.2) is 31.5 Å². The zero-order valence-electron chi connectivity index (χ0n) is 39.3. The molecule has 19 heteroatoms. The van der Waals surface area contributed by atoms with E-state index in [1.165, 1.54) is 20.5 Å². The van der Waals surface area contributed by atoms with Crippen LogP contribution in [0.25, 0.3) is 0 Å². The number of hydrogen-bond donors (Lipinski definition) is 3. The van der Waals surface area contributed by atoms with E-state index in [2.05, 4.69) is 66.1 Å². The number of nitrogens with one attached hydrogen (secondary N) is 2. The summed E-state index contributed by atoms with van der Waals surface area (Å²) in [5.74, 6) is 1.90. The van der Waals surface area contributed by atoms with Gasteiger partial charge in [0, 0.05) is 40.8 Å². The molecule has 0 aliphatic rings. The molecule has 0 saturated heterocycles. The van der Waals surface area contributed by atoms with Crippen molar-refractivity contribution in [1.29, 1.82) is 0 Å². The highest BCUT2D eigenvalue weighted by Gasteiger charge is 2.27. The average molecular weight is 1120 g/mol. The third-order valence-electron chi connectivity index (χ3n) is 10.3. The zero-order valence-corrected chi connectivity index (χ0v) is 44.9. The Kier molecular flexibility index (Phi) is 24.5. The van der Waals surface area contributed by atoms with Crippen LogP contribution in [0.15, 0.2) is 192 Å². The standard InChI is InChI=1S/C24H23ClN4O2S.C17H18N4O2S.C7H6BrCl.C4H11NS/c25-22-11-7-10-21(16-22)17-28-19-26-24(27-28)18-29(15-14-20-8-3-1-4-9-20)32(30,31)23-12-5-2-6-13-23;22-24(23,16-9-5-2-6-10-16)21(13-17-18-14-19-20-17)12-11-15-7-3-1-4-8-15;8-5-6-2-1-3-7(9)4-6;1-2-5-3-4-6/h1-13,16,19H,14-15,17-18H2;1-10,14H,11-13H2,(H,18,19,20);1-4H,5H2;5-6H,2-4H2,1H3. The molecule has 0 aliphatic heterocycles. The molecular formula is C52H58BrCl2N9O4S3. The second-order valence-corrected chi connectivity index (χ2v) is 21.3. The van der Waals surface area contributed by atoms with Gasteiger partial charge in [0.2, 0.25) is 20.0 Å². The summed E-state index contributed by atoms with van der Waals surface area (Å²) in [4.78, 5) is 8.93. The lowest BCUT2D eigenvalue weighted by Gasteiger charge is -2.21. The highest BCUT2D eigenvalue weighted by Crippen LogP contribution is 2.20. The van der Waals surface area contributed by atoms with Crippen LogP contribution in [0, 0.1) is 0 Å².